The Labute approximate surface area is 122 Å². The molecule has 110 valence electrons. The number of rotatable bonds is 4. The highest BCUT2D eigenvalue weighted by Gasteiger charge is 2.19. The highest BCUT2D eigenvalue weighted by atomic mass is 16.2. The van der Waals surface area contributed by atoms with E-state index in [0.717, 1.165) is 44.8 Å². The molecule has 1 N–H and O–H groups in total. The summed E-state index contributed by atoms with van der Waals surface area (Å²) in [6.45, 7) is 7.03. The molecule has 1 atom stereocenters. The number of hydrogen-bond donors (Lipinski definition) is 1. The summed E-state index contributed by atoms with van der Waals surface area (Å²) in [5.74, 6) is 1.25. The average molecular weight is 274 g/mol. The maximum atomic E-state index is 12.0. The van der Waals surface area contributed by atoms with Crippen LogP contribution in [0.5, 0.6) is 0 Å². The predicted molar refractivity (Wildman–Crippen MR) is 82.8 cm³/mol. The van der Waals surface area contributed by atoms with E-state index >= 15 is 0 Å². The van der Waals surface area contributed by atoms with Gasteiger partial charge >= 0.3 is 6.03 Å². The second kappa shape index (κ2) is 7.32. The Morgan fingerprint density at radius 3 is 2.60 bits per heavy atom. The van der Waals surface area contributed by atoms with E-state index in [9.17, 15) is 4.79 Å². The molecule has 1 aromatic carbocycles. The van der Waals surface area contributed by atoms with E-state index in [2.05, 4.69) is 43.4 Å². The van der Waals surface area contributed by atoms with Gasteiger partial charge in [-0.3, -0.25) is 0 Å². The molecule has 1 fully saturated rings. The molecule has 0 aliphatic carbocycles. The Bertz CT molecular complexity index is 410. The largest absolute Gasteiger partial charge is 0.338 e. The number of hydrogen-bond acceptors (Lipinski definition) is 1. The predicted octanol–water partition coefficient (Wildman–Crippen LogP) is 3.62. The molecule has 20 heavy (non-hydrogen) atoms. The fraction of sp³-hybridized carbons (Fsp3) is 0.588. The van der Waals surface area contributed by atoms with E-state index in [1.807, 2.05) is 11.0 Å². The monoisotopic (exact) mass is 274 g/mol. The first-order valence-corrected chi connectivity index (χ1v) is 7.74. The van der Waals surface area contributed by atoms with Gasteiger partial charge in [0.1, 0.15) is 0 Å². The lowest BCUT2D eigenvalue weighted by Gasteiger charge is -2.30. The summed E-state index contributed by atoms with van der Waals surface area (Å²) in [7, 11) is 0. The summed E-state index contributed by atoms with van der Waals surface area (Å²) in [5.41, 5.74) is 1.34. The van der Waals surface area contributed by atoms with Crippen molar-refractivity contribution >= 4 is 6.03 Å². The lowest BCUT2D eigenvalue weighted by atomic mass is 9.98. The van der Waals surface area contributed by atoms with E-state index in [1.165, 1.54) is 5.56 Å². The average Bonchev–Trinajstić information content (AvgIpc) is 2.48. The Balaban J connectivity index is 1.69. The van der Waals surface area contributed by atoms with Gasteiger partial charge < -0.3 is 10.2 Å². The van der Waals surface area contributed by atoms with Gasteiger partial charge in [-0.05, 0) is 36.7 Å². The zero-order valence-corrected chi connectivity index (χ0v) is 12.6. The van der Waals surface area contributed by atoms with Crippen molar-refractivity contribution in [2.75, 3.05) is 19.6 Å². The molecule has 0 saturated carbocycles. The number of nitrogens with one attached hydrogen (secondary N) is 1. The second-order valence-corrected chi connectivity index (χ2v) is 6.00. The Morgan fingerprint density at radius 2 is 1.95 bits per heavy atom. The zero-order valence-electron chi connectivity index (χ0n) is 12.6. The van der Waals surface area contributed by atoms with E-state index < -0.39 is 0 Å². The second-order valence-electron chi connectivity index (χ2n) is 6.00. The molecule has 1 unspecified atom stereocenters. The zero-order chi connectivity index (χ0) is 14.4. The summed E-state index contributed by atoms with van der Waals surface area (Å²) in [6, 6.07) is 10.6. The molecule has 3 nitrogen and oxygen atoms in total. The molecular weight excluding hydrogens is 248 g/mol. The number of benzene rings is 1. The summed E-state index contributed by atoms with van der Waals surface area (Å²) in [6.07, 6.45) is 3.25. The summed E-state index contributed by atoms with van der Waals surface area (Å²) < 4.78 is 0. The molecule has 2 rings (SSSR count). The van der Waals surface area contributed by atoms with Crippen LogP contribution < -0.4 is 5.32 Å². The number of amides is 2. The minimum Gasteiger partial charge on any atom is -0.338 e. The van der Waals surface area contributed by atoms with Gasteiger partial charge in [-0.2, -0.15) is 0 Å². The highest BCUT2D eigenvalue weighted by molar-refractivity contribution is 5.74. The molecule has 1 aromatic rings. The van der Waals surface area contributed by atoms with Crippen molar-refractivity contribution in [2.24, 2.45) is 5.92 Å². The molecule has 2 amide bonds. The van der Waals surface area contributed by atoms with Gasteiger partial charge in [0, 0.05) is 19.6 Å². The van der Waals surface area contributed by atoms with E-state index in [1.54, 1.807) is 0 Å². The smallest absolute Gasteiger partial charge is 0.317 e. The van der Waals surface area contributed by atoms with Crippen LogP contribution in [0.25, 0.3) is 0 Å². The van der Waals surface area contributed by atoms with Gasteiger partial charge in [0.2, 0.25) is 0 Å². The lowest BCUT2D eigenvalue weighted by molar-refractivity contribution is 0.174. The normalized spacial score (nSPS) is 17.8. The third-order valence-electron chi connectivity index (χ3n) is 4.29. The van der Waals surface area contributed by atoms with Crippen LogP contribution in [0.3, 0.4) is 0 Å². The molecule has 1 aliphatic rings. The minimum atomic E-state index is 0.108. The van der Waals surface area contributed by atoms with Crippen molar-refractivity contribution in [1.29, 1.82) is 0 Å². The van der Waals surface area contributed by atoms with Crippen LogP contribution in [0.4, 0.5) is 4.79 Å². The topological polar surface area (TPSA) is 32.3 Å². The van der Waals surface area contributed by atoms with Crippen molar-refractivity contribution in [2.45, 2.75) is 39.0 Å². The quantitative estimate of drug-likeness (QED) is 0.893. The van der Waals surface area contributed by atoms with Crippen LogP contribution in [0, 0.1) is 5.92 Å². The van der Waals surface area contributed by atoms with Crippen molar-refractivity contribution in [3.05, 3.63) is 35.9 Å². The standard InChI is InChI=1S/C17H26N2O/c1-14-9-12-19(13-10-14)17(20)18-11-8-15(2)16-6-4-3-5-7-16/h3-7,14-15H,8-13H2,1-2H3,(H,18,20). The van der Waals surface area contributed by atoms with Crippen molar-refractivity contribution in [1.82, 2.24) is 10.2 Å². The first-order chi connectivity index (χ1) is 9.66. The summed E-state index contributed by atoms with van der Waals surface area (Å²) >= 11 is 0. The molecule has 1 aliphatic heterocycles. The van der Waals surface area contributed by atoms with Gasteiger partial charge in [-0.15, -0.1) is 0 Å². The Hall–Kier alpha value is -1.51. The molecule has 0 radical (unpaired) electrons. The third kappa shape index (κ3) is 4.26. The van der Waals surface area contributed by atoms with E-state index in [4.69, 9.17) is 0 Å². The molecule has 0 aromatic heterocycles. The fourth-order valence-electron chi connectivity index (χ4n) is 2.67. The SMILES string of the molecule is CC1CCN(C(=O)NCCC(C)c2ccccc2)CC1. The van der Waals surface area contributed by atoms with Gasteiger partial charge in [0.05, 0.1) is 0 Å². The van der Waals surface area contributed by atoms with Gasteiger partial charge in [0.25, 0.3) is 0 Å². The maximum absolute atomic E-state index is 12.0. The number of likely N-dealkylation sites (tertiary alicyclic amines) is 1. The van der Waals surface area contributed by atoms with Crippen molar-refractivity contribution in [3.8, 4) is 0 Å². The van der Waals surface area contributed by atoms with Crippen molar-refractivity contribution < 1.29 is 4.79 Å². The fourth-order valence-corrected chi connectivity index (χ4v) is 2.67. The molecule has 1 saturated heterocycles. The van der Waals surface area contributed by atoms with E-state index in [-0.39, 0.29) is 6.03 Å². The first kappa shape index (κ1) is 14.9. The van der Waals surface area contributed by atoms with Crippen LogP contribution in [0.2, 0.25) is 0 Å². The molecule has 0 bridgehead atoms. The maximum Gasteiger partial charge on any atom is 0.317 e. The minimum absolute atomic E-state index is 0.108. The lowest BCUT2D eigenvalue weighted by Crippen LogP contribution is -2.44. The van der Waals surface area contributed by atoms with E-state index in [0.29, 0.717) is 5.92 Å². The number of carbonyl (C=O) groups excluding carboxylic acids is 1. The summed E-state index contributed by atoms with van der Waals surface area (Å²) in [5, 5.41) is 3.05. The van der Waals surface area contributed by atoms with Gasteiger partial charge in [-0.1, -0.05) is 44.2 Å². The first-order valence-electron chi connectivity index (χ1n) is 7.74. The number of carbonyl (C=O) groups is 1. The number of urea groups is 1. The third-order valence-corrected chi connectivity index (χ3v) is 4.29. The van der Waals surface area contributed by atoms with Crippen LogP contribution in [-0.4, -0.2) is 30.6 Å². The molecular formula is C17H26N2O. The number of piperidine rings is 1. The highest BCUT2D eigenvalue weighted by Crippen LogP contribution is 2.18. The Morgan fingerprint density at radius 1 is 1.30 bits per heavy atom. The number of nitrogens with zero attached hydrogens (tertiary/aromatic N) is 1. The van der Waals surface area contributed by atoms with Crippen LogP contribution in [0.15, 0.2) is 30.3 Å². The molecule has 1 heterocycles. The van der Waals surface area contributed by atoms with Crippen LogP contribution in [-0.2, 0) is 0 Å². The summed E-state index contributed by atoms with van der Waals surface area (Å²) in [4.78, 5) is 14.0. The molecule has 3 heteroatoms. The van der Waals surface area contributed by atoms with Crippen molar-refractivity contribution in [3.63, 3.8) is 0 Å². The Kier molecular flexibility index (Phi) is 5.45. The molecule has 0 spiro atoms. The van der Waals surface area contributed by atoms with Gasteiger partial charge in [0.15, 0.2) is 0 Å². The van der Waals surface area contributed by atoms with Crippen LogP contribution in [0.1, 0.15) is 44.6 Å². The van der Waals surface area contributed by atoms with Gasteiger partial charge in [-0.25, -0.2) is 4.79 Å². The van der Waals surface area contributed by atoms with Crippen LogP contribution >= 0.6 is 0 Å².